The molecule has 1 aliphatic rings. The summed E-state index contributed by atoms with van der Waals surface area (Å²) in [5, 5.41) is 3.69. The zero-order valence-corrected chi connectivity index (χ0v) is 11.4. The van der Waals surface area contributed by atoms with Crippen LogP contribution in [0, 0.1) is 6.92 Å². The number of benzene rings is 2. The first-order valence-electron chi connectivity index (χ1n) is 6.43. The number of hydrogen-bond acceptors (Lipinski definition) is 5. The maximum absolute atomic E-state index is 11.8. The third-order valence-electron chi connectivity index (χ3n) is 3.02. The van der Waals surface area contributed by atoms with Crippen molar-refractivity contribution in [3.8, 4) is 11.5 Å². The Bertz CT molecular complexity index is 692. The van der Waals surface area contributed by atoms with Crippen LogP contribution in [0.3, 0.4) is 0 Å². The standard InChI is InChI=1S/C16H13NO4/c1-11-2-5-13(6-3-11)16(18)21-17-9-12-4-7-14-15(8-12)20-10-19-14/h2-9H,10H2,1H3/b17-9-. The number of fused-ring (bicyclic) bond motifs is 1. The van der Waals surface area contributed by atoms with Gasteiger partial charge in [-0.25, -0.2) is 4.79 Å². The van der Waals surface area contributed by atoms with Crippen molar-refractivity contribution >= 4 is 12.2 Å². The number of aryl methyl sites for hydroxylation is 1. The molecule has 21 heavy (non-hydrogen) atoms. The number of oxime groups is 1. The summed E-state index contributed by atoms with van der Waals surface area (Å²) in [4.78, 5) is 16.6. The molecule has 0 unspecified atom stereocenters. The molecule has 0 bridgehead atoms. The van der Waals surface area contributed by atoms with Gasteiger partial charge in [0.1, 0.15) is 0 Å². The molecule has 0 N–H and O–H groups in total. The van der Waals surface area contributed by atoms with Crippen molar-refractivity contribution in [1.82, 2.24) is 0 Å². The van der Waals surface area contributed by atoms with E-state index in [2.05, 4.69) is 5.16 Å². The van der Waals surface area contributed by atoms with Crippen molar-refractivity contribution in [2.24, 2.45) is 5.16 Å². The van der Waals surface area contributed by atoms with Crippen LogP contribution in [-0.4, -0.2) is 19.0 Å². The number of ether oxygens (including phenoxy) is 2. The highest BCUT2D eigenvalue weighted by molar-refractivity contribution is 5.90. The second kappa shape index (κ2) is 5.66. The van der Waals surface area contributed by atoms with Gasteiger partial charge in [-0.2, -0.15) is 0 Å². The Morgan fingerprint density at radius 3 is 2.71 bits per heavy atom. The maximum Gasteiger partial charge on any atom is 0.365 e. The van der Waals surface area contributed by atoms with Crippen LogP contribution in [0.1, 0.15) is 21.5 Å². The van der Waals surface area contributed by atoms with Gasteiger partial charge in [0.15, 0.2) is 11.5 Å². The Morgan fingerprint density at radius 2 is 1.90 bits per heavy atom. The molecular weight excluding hydrogens is 270 g/mol. The first kappa shape index (κ1) is 13.2. The molecule has 0 aromatic heterocycles. The Hall–Kier alpha value is -2.82. The highest BCUT2D eigenvalue weighted by Gasteiger charge is 2.12. The van der Waals surface area contributed by atoms with E-state index in [1.807, 2.05) is 19.1 Å². The maximum atomic E-state index is 11.8. The summed E-state index contributed by atoms with van der Waals surface area (Å²) in [6.45, 7) is 2.17. The van der Waals surface area contributed by atoms with Crippen molar-refractivity contribution in [3.63, 3.8) is 0 Å². The van der Waals surface area contributed by atoms with Gasteiger partial charge in [-0.05, 0) is 37.3 Å². The number of hydrogen-bond donors (Lipinski definition) is 0. The SMILES string of the molecule is Cc1ccc(C(=O)O/N=C\c2ccc3c(c2)OCO3)cc1. The van der Waals surface area contributed by atoms with Gasteiger partial charge in [-0.15, -0.1) is 0 Å². The molecule has 0 saturated carbocycles. The molecule has 0 fully saturated rings. The van der Waals surface area contributed by atoms with Crippen LogP contribution in [0.4, 0.5) is 0 Å². The Kier molecular flexibility index (Phi) is 3.55. The van der Waals surface area contributed by atoms with Gasteiger partial charge in [-0.3, -0.25) is 0 Å². The molecule has 5 heteroatoms. The highest BCUT2D eigenvalue weighted by atomic mass is 16.7. The molecule has 5 nitrogen and oxygen atoms in total. The molecule has 1 heterocycles. The van der Waals surface area contributed by atoms with Crippen LogP contribution in [0.25, 0.3) is 0 Å². The molecular formula is C16H13NO4. The first-order chi connectivity index (χ1) is 10.2. The fourth-order valence-corrected chi connectivity index (χ4v) is 1.87. The monoisotopic (exact) mass is 283 g/mol. The van der Waals surface area contributed by atoms with Crippen molar-refractivity contribution in [3.05, 3.63) is 59.2 Å². The molecule has 1 aliphatic heterocycles. The summed E-state index contributed by atoms with van der Waals surface area (Å²) < 4.78 is 10.5. The third-order valence-corrected chi connectivity index (χ3v) is 3.02. The molecule has 0 saturated heterocycles. The quantitative estimate of drug-likeness (QED) is 0.494. The molecule has 2 aromatic carbocycles. The van der Waals surface area contributed by atoms with E-state index in [0.717, 1.165) is 11.1 Å². The van der Waals surface area contributed by atoms with Crippen molar-refractivity contribution in [1.29, 1.82) is 0 Å². The predicted octanol–water partition coefficient (Wildman–Crippen LogP) is 2.91. The number of carbonyl (C=O) groups is 1. The van der Waals surface area contributed by atoms with Gasteiger partial charge in [0.25, 0.3) is 0 Å². The first-order valence-corrected chi connectivity index (χ1v) is 6.43. The van der Waals surface area contributed by atoms with E-state index in [4.69, 9.17) is 14.3 Å². The van der Waals surface area contributed by atoms with Crippen LogP contribution < -0.4 is 9.47 Å². The molecule has 0 amide bonds. The molecule has 2 aromatic rings. The highest BCUT2D eigenvalue weighted by Crippen LogP contribution is 2.31. The topological polar surface area (TPSA) is 57.1 Å². The van der Waals surface area contributed by atoms with Gasteiger partial charge >= 0.3 is 5.97 Å². The van der Waals surface area contributed by atoms with E-state index in [1.165, 1.54) is 6.21 Å². The summed E-state index contributed by atoms with van der Waals surface area (Å²) in [7, 11) is 0. The van der Waals surface area contributed by atoms with E-state index in [-0.39, 0.29) is 6.79 Å². The normalized spacial score (nSPS) is 12.6. The zero-order valence-electron chi connectivity index (χ0n) is 11.4. The lowest BCUT2D eigenvalue weighted by atomic mass is 10.2. The summed E-state index contributed by atoms with van der Waals surface area (Å²) >= 11 is 0. The van der Waals surface area contributed by atoms with E-state index >= 15 is 0 Å². The van der Waals surface area contributed by atoms with Crippen LogP contribution in [0.15, 0.2) is 47.6 Å². The number of carbonyl (C=O) groups excluding carboxylic acids is 1. The molecule has 0 radical (unpaired) electrons. The van der Waals surface area contributed by atoms with Gasteiger partial charge in [0.2, 0.25) is 6.79 Å². The molecule has 3 rings (SSSR count). The second-order valence-electron chi connectivity index (χ2n) is 4.59. The number of nitrogens with zero attached hydrogens (tertiary/aromatic N) is 1. The minimum atomic E-state index is -0.494. The van der Waals surface area contributed by atoms with E-state index < -0.39 is 5.97 Å². The average Bonchev–Trinajstić information content (AvgIpc) is 2.95. The number of rotatable bonds is 3. The minimum absolute atomic E-state index is 0.221. The van der Waals surface area contributed by atoms with Gasteiger partial charge in [0.05, 0.1) is 11.8 Å². The van der Waals surface area contributed by atoms with E-state index in [0.29, 0.717) is 17.1 Å². The average molecular weight is 283 g/mol. The van der Waals surface area contributed by atoms with Crippen molar-refractivity contribution < 1.29 is 19.1 Å². The fourth-order valence-electron chi connectivity index (χ4n) is 1.87. The molecule has 106 valence electrons. The lowest BCUT2D eigenvalue weighted by molar-refractivity contribution is 0.0519. The van der Waals surface area contributed by atoms with Crippen molar-refractivity contribution in [2.45, 2.75) is 6.92 Å². The molecule has 0 aliphatic carbocycles. The lowest BCUT2D eigenvalue weighted by Crippen LogP contribution is -2.00. The summed E-state index contributed by atoms with van der Waals surface area (Å²) in [5.41, 5.74) is 2.30. The second-order valence-corrected chi connectivity index (χ2v) is 4.59. The summed E-state index contributed by atoms with van der Waals surface area (Å²) in [6.07, 6.45) is 1.45. The van der Waals surface area contributed by atoms with E-state index in [9.17, 15) is 4.79 Å². The lowest BCUT2D eigenvalue weighted by Gasteiger charge is -1.99. The van der Waals surface area contributed by atoms with Crippen LogP contribution >= 0.6 is 0 Å². The van der Waals surface area contributed by atoms with Gasteiger partial charge in [-0.1, -0.05) is 22.9 Å². The zero-order chi connectivity index (χ0) is 14.7. The molecule has 0 spiro atoms. The van der Waals surface area contributed by atoms with Crippen LogP contribution in [-0.2, 0) is 4.84 Å². The Labute approximate surface area is 121 Å². The smallest absolute Gasteiger partial charge is 0.365 e. The summed E-state index contributed by atoms with van der Waals surface area (Å²) in [5.74, 6) is 0.861. The predicted molar refractivity (Wildman–Crippen MR) is 76.8 cm³/mol. The molecule has 0 atom stereocenters. The Balaban J connectivity index is 1.64. The fraction of sp³-hybridized carbons (Fsp3) is 0.125. The minimum Gasteiger partial charge on any atom is -0.454 e. The van der Waals surface area contributed by atoms with E-state index in [1.54, 1.807) is 30.3 Å². The van der Waals surface area contributed by atoms with Crippen LogP contribution in [0.2, 0.25) is 0 Å². The third kappa shape index (κ3) is 3.02. The largest absolute Gasteiger partial charge is 0.454 e. The van der Waals surface area contributed by atoms with Crippen molar-refractivity contribution in [2.75, 3.05) is 6.79 Å². The summed E-state index contributed by atoms with van der Waals surface area (Å²) in [6, 6.07) is 12.4. The van der Waals surface area contributed by atoms with Gasteiger partial charge in [0, 0.05) is 5.56 Å². The Morgan fingerprint density at radius 1 is 1.14 bits per heavy atom. The van der Waals surface area contributed by atoms with Crippen LogP contribution in [0.5, 0.6) is 11.5 Å². The van der Waals surface area contributed by atoms with Gasteiger partial charge < -0.3 is 14.3 Å².